The fourth-order valence-corrected chi connectivity index (χ4v) is 2.42. The molecule has 7 nitrogen and oxygen atoms in total. The van der Waals surface area contributed by atoms with Crippen LogP contribution in [0.5, 0.6) is 0 Å². The lowest BCUT2D eigenvalue weighted by atomic mass is 10.1. The van der Waals surface area contributed by atoms with Crippen LogP contribution in [0.25, 0.3) is 5.69 Å². The molecule has 2 aromatic rings. The molecule has 1 aliphatic heterocycles. The summed E-state index contributed by atoms with van der Waals surface area (Å²) in [5, 5.41) is 15.2. The summed E-state index contributed by atoms with van der Waals surface area (Å²) in [7, 11) is 0. The minimum Gasteiger partial charge on any atom is -0.372 e. The minimum atomic E-state index is -0.464. The predicted octanol–water partition coefficient (Wildman–Crippen LogP) is 2.44. The first kappa shape index (κ1) is 13.4. The third-order valence-electron chi connectivity index (χ3n) is 3.44. The Morgan fingerprint density at radius 2 is 2.33 bits per heavy atom. The van der Waals surface area contributed by atoms with E-state index in [4.69, 9.17) is 4.74 Å². The number of nitrogens with zero attached hydrogens (tertiary/aromatic N) is 3. The van der Waals surface area contributed by atoms with Crippen LogP contribution in [0.3, 0.4) is 0 Å². The van der Waals surface area contributed by atoms with Crippen LogP contribution in [0, 0.1) is 10.1 Å². The number of carbonyl (C=O) groups excluding carboxylic acids is 1. The fraction of sp³-hybridized carbons (Fsp3) is 0.286. The van der Waals surface area contributed by atoms with Gasteiger partial charge >= 0.3 is 0 Å². The number of nitro groups is 1. The summed E-state index contributed by atoms with van der Waals surface area (Å²) in [6.45, 7) is 0.659. The number of rotatable bonds is 4. The molecular weight excluding hydrogens is 274 g/mol. The molecule has 3 rings (SSSR count). The van der Waals surface area contributed by atoms with Gasteiger partial charge in [0.1, 0.15) is 11.8 Å². The van der Waals surface area contributed by atoms with Gasteiger partial charge in [-0.2, -0.15) is 5.10 Å². The van der Waals surface area contributed by atoms with E-state index in [0.717, 1.165) is 19.1 Å². The molecule has 2 heterocycles. The monoisotopic (exact) mass is 287 g/mol. The largest absolute Gasteiger partial charge is 0.372 e. The Morgan fingerprint density at radius 1 is 1.48 bits per heavy atom. The molecule has 0 aliphatic carbocycles. The van der Waals surface area contributed by atoms with E-state index in [1.807, 2.05) is 0 Å². The first-order valence-corrected chi connectivity index (χ1v) is 6.60. The number of hydrogen-bond acceptors (Lipinski definition) is 5. The number of non-ortho nitro benzene ring substituents is 1. The van der Waals surface area contributed by atoms with E-state index in [2.05, 4.69) is 5.10 Å². The quantitative estimate of drug-likeness (QED) is 0.489. The van der Waals surface area contributed by atoms with Gasteiger partial charge in [-0.15, -0.1) is 0 Å². The van der Waals surface area contributed by atoms with Crippen LogP contribution < -0.4 is 0 Å². The van der Waals surface area contributed by atoms with Gasteiger partial charge in [-0.05, 0) is 18.9 Å². The standard InChI is InChI=1S/C14H13N3O4/c18-9-10-8-16(15-14(10)13-5-2-6-21-13)11-3-1-4-12(7-11)17(19)20/h1,3-4,7-9,13H,2,5-6H2. The second kappa shape index (κ2) is 5.45. The Morgan fingerprint density at radius 3 is 3.00 bits per heavy atom. The van der Waals surface area contributed by atoms with Crippen molar-refractivity contribution < 1.29 is 14.5 Å². The van der Waals surface area contributed by atoms with Crippen LogP contribution in [0.15, 0.2) is 30.5 Å². The third kappa shape index (κ3) is 2.55. The van der Waals surface area contributed by atoms with Gasteiger partial charge in [0, 0.05) is 24.9 Å². The highest BCUT2D eigenvalue weighted by Gasteiger charge is 2.24. The van der Waals surface area contributed by atoms with Crippen LogP contribution in [0.4, 0.5) is 5.69 Å². The van der Waals surface area contributed by atoms with Gasteiger partial charge in [-0.3, -0.25) is 14.9 Å². The molecule has 0 amide bonds. The number of carbonyl (C=O) groups is 1. The number of benzene rings is 1. The first-order valence-electron chi connectivity index (χ1n) is 6.60. The zero-order valence-corrected chi connectivity index (χ0v) is 11.1. The van der Waals surface area contributed by atoms with Crippen molar-refractivity contribution in [1.29, 1.82) is 0 Å². The van der Waals surface area contributed by atoms with Crippen LogP contribution in [-0.4, -0.2) is 27.6 Å². The van der Waals surface area contributed by atoms with Crippen LogP contribution in [0.2, 0.25) is 0 Å². The Kier molecular flexibility index (Phi) is 3.49. The topological polar surface area (TPSA) is 87.3 Å². The smallest absolute Gasteiger partial charge is 0.271 e. The van der Waals surface area contributed by atoms with Gasteiger partial charge in [0.25, 0.3) is 5.69 Å². The highest BCUT2D eigenvalue weighted by Crippen LogP contribution is 2.30. The van der Waals surface area contributed by atoms with Crippen molar-refractivity contribution in [3.63, 3.8) is 0 Å². The highest BCUT2D eigenvalue weighted by molar-refractivity contribution is 5.76. The fourth-order valence-electron chi connectivity index (χ4n) is 2.42. The SMILES string of the molecule is O=Cc1cn(-c2cccc([N+](=O)[O-])c2)nc1C1CCCO1. The molecule has 1 atom stereocenters. The van der Waals surface area contributed by atoms with E-state index in [1.165, 1.54) is 16.8 Å². The molecule has 108 valence electrons. The molecule has 1 aromatic heterocycles. The second-order valence-corrected chi connectivity index (χ2v) is 4.81. The lowest BCUT2D eigenvalue weighted by Crippen LogP contribution is -2.02. The van der Waals surface area contributed by atoms with E-state index in [1.54, 1.807) is 18.3 Å². The summed E-state index contributed by atoms with van der Waals surface area (Å²) >= 11 is 0. The zero-order valence-electron chi connectivity index (χ0n) is 11.1. The highest BCUT2D eigenvalue weighted by atomic mass is 16.6. The number of nitro benzene ring substituents is 1. The van der Waals surface area contributed by atoms with Crippen molar-refractivity contribution >= 4 is 12.0 Å². The summed E-state index contributed by atoms with van der Waals surface area (Å²) in [6.07, 6.45) is 3.89. The van der Waals surface area contributed by atoms with E-state index in [-0.39, 0.29) is 11.8 Å². The maximum absolute atomic E-state index is 11.2. The maximum Gasteiger partial charge on any atom is 0.271 e. The summed E-state index contributed by atoms with van der Waals surface area (Å²) in [5.74, 6) is 0. The molecular formula is C14H13N3O4. The molecule has 21 heavy (non-hydrogen) atoms. The van der Waals surface area contributed by atoms with Crippen molar-refractivity contribution in [3.05, 3.63) is 51.8 Å². The Bertz CT molecular complexity index is 689. The van der Waals surface area contributed by atoms with E-state index >= 15 is 0 Å². The molecule has 1 saturated heterocycles. The molecule has 0 N–H and O–H groups in total. The molecule has 0 bridgehead atoms. The van der Waals surface area contributed by atoms with Crippen LogP contribution >= 0.6 is 0 Å². The minimum absolute atomic E-state index is 0.0191. The molecule has 1 aromatic carbocycles. The van der Waals surface area contributed by atoms with Crippen molar-refractivity contribution in [2.45, 2.75) is 18.9 Å². The molecule has 1 aliphatic rings. The Labute approximate surface area is 120 Å². The van der Waals surface area contributed by atoms with Gasteiger partial charge in [0.05, 0.1) is 16.2 Å². The Hall–Kier alpha value is -2.54. The molecule has 0 saturated carbocycles. The molecule has 1 unspecified atom stereocenters. The predicted molar refractivity (Wildman–Crippen MR) is 73.5 cm³/mol. The normalized spacial score (nSPS) is 17.8. The Balaban J connectivity index is 2.01. The lowest BCUT2D eigenvalue weighted by Gasteiger charge is -2.06. The lowest BCUT2D eigenvalue weighted by molar-refractivity contribution is -0.384. The van der Waals surface area contributed by atoms with Gasteiger partial charge in [-0.25, -0.2) is 4.68 Å². The number of aldehydes is 1. The molecule has 0 spiro atoms. The number of ether oxygens (including phenoxy) is 1. The average Bonchev–Trinajstić information content (AvgIpc) is 3.16. The van der Waals surface area contributed by atoms with E-state index in [9.17, 15) is 14.9 Å². The van der Waals surface area contributed by atoms with Crippen LogP contribution in [-0.2, 0) is 4.74 Å². The van der Waals surface area contributed by atoms with Gasteiger partial charge < -0.3 is 4.74 Å². The summed E-state index contributed by atoms with van der Waals surface area (Å²) in [4.78, 5) is 21.5. The molecule has 1 fully saturated rings. The molecule has 0 radical (unpaired) electrons. The summed E-state index contributed by atoms with van der Waals surface area (Å²) in [6, 6.07) is 6.12. The average molecular weight is 287 g/mol. The van der Waals surface area contributed by atoms with Crippen LogP contribution in [0.1, 0.15) is 35.0 Å². The number of aromatic nitrogens is 2. The molecule has 7 heteroatoms. The second-order valence-electron chi connectivity index (χ2n) is 4.81. The first-order chi connectivity index (χ1) is 10.2. The summed E-state index contributed by atoms with van der Waals surface area (Å²) in [5.41, 5.74) is 1.56. The van der Waals surface area contributed by atoms with Crippen molar-refractivity contribution in [1.82, 2.24) is 9.78 Å². The van der Waals surface area contributed by atoms with Crippen molar-refractivity contribution in [3.8, 4) is 5.69 Å². The third-order valence-corrected chi connectivity index (χ3v) is 3.44. The zero-order chi connectivity index (χ0) is 14.8. The van der Waals surface area contributed by atoms with E-state index in [0.29, 0.717) is 23.6 Å². The van der Waals surface area contributed by atoms with Gasteiger partial charge in [0.15, 0.2) is 6.29 Å². The van der Waals surface area contributed by atoms with Gasteiger partial charge in [-0.1, -0.05) is 6.07 Å². The van der Waals surface area contributed by atoms with Gasteiger partial charge in [0.2, 0.25) is 0 Å². The van der Waals surface area contributed by atoms with Crippen molar-refractivity contribution in [2.24, 2.45) is 0 Å². The van der Waals surface area contributed by atoms with E-state index < -0.39 is 4.92 Å². The number of hydrogen-bond donors (Lipinski definition) is 0. The summed E-state index contributed by atoms with van der Waals surface area (Å²) < 4.78 is 7.03. The van der Waals surface area contributed by atoms with Crippen molar-refractivity contribution in [2.75, 3.05) is 6.61 Å². The maximum atomic E-state index is 11.2.